The molecular formula is C18H23N5O3. The van der Waals surface area contributed by atoms with Crippen LogP contribution in [0.3, 0.4) is 0 Å². The molecule has 0 saturated carbocycles. The third-order valence-electron chi connectivity index (χ3n) is 4.47. The predicted octanol–water partition coefficient (Wildman–Crippen LogP) is 1.89. The fourth-order valence-corrected chi connectivity index (χ4v) is 3.18. The van der Waals surface area contributed by atoms with Gasteiger partial charge in [-0.3, -0.25) is 14.5 Å². The Balaban J connectivity index is 1.59. The lowest BCUT2D eigenvalue weighted by Gasteiger charge is -2.11. The zero-order valence-electron chi connectivity index (χ0n) is 15.0. The number of imidazole rings is 1. The second kappa shape index (κ2) is 7.55. The molecule has 1 aliphatic rings. The second-order valence-corrected chi connectivity index (χ2v) is 6.19. The lowest BCUT2D eigenvalue weighted by atomic mass is 10.2. The van der Waals surface area contributed by atoms with Crippen LogP contribution in [0.2, 0.25) is 0 Å². The highest BCUT2D eigenvalue weighted by atomic mass is 16.2. The third kappa shape index (κ3) is 3.54. The van der Waals surface area contributed by atoms with Crippen molar-refractivity contribution in [2.24, 2.45) is 0 Å². The number of benzene rings is 1. The number of fused-ring (bicyclic) bond motifs is 1. The summed E-state index contributed by atoms with van der Waals surface area (Å²) in [5, 5.41) is 5.31. The summed E-state index contributed by atoms with van der Waals surface area (Å²) in [6.07, 6.45) is 1.52. The largest absolute Gasteiger partial charge is 0.329 e. The van der Waals surface area contributed by atoms with Gasteiger partial charge in [-0.1, -0.05) is 6.92 Å². The van der Waals surface area contributed by atoms with Crippen molar-refractivity contribution in [2.75, 3.05) is 18.4 Å². The maximum absolute atomic E-state index is 12.1. The van der Waals surface area contributed by atoms with Gasteiger partial charge in [0.25, 0.3) is 0 Å². The van der Waals surface area contributed by atoms with Gasteiger partial charge in [-0.25, -0.2) is 9.78 Å². The van der Waals surface area contributed by atoms with E-state index in [4.69, 9.17) is 0 Å². The van der Waals surface area contributed by atoms with E-state index in [0.29, 0.717) is 12.1 Å². The van der Waals surface area contributed by atoms with E-state index in [2.05, 4.69) is 34.0 Å². The molecule has 4 amide bonds. The van der Waals surface area contributed by atoms with Crippen LogP contribution in [0.15, 0.2) is 18.2 Å². The number of carbonyl (C=O) groups is 3. The normalized spacial score (nSPS) is 14.2. The zero-order chi connectivity index (χ0) is 18.7. The molecule has 0 spiro atoms. The summed E-state index contributed by atoms with van der Waals surface area (Å²) in [5.74, 6) is 0.626. The molecule has 2 heterocycles. The number of nitrogens with zero attached hydrogens (tertiary/aromatic N) is 3. The molecule has 2 N–H and O–H groups in total. The first-order chi connectivity index (χ1) is 12.5. The Hall–Kier alpha value is -2.90. The first kappa shape index (κ1) is 17.9. The highest BCUT2D eigenvalue weighted by Gasteiger charge is 2.27. The maximum atomic E-state index is 12.1. The van der Waals surface area contributed by atoms with Gasteiger partial charge in [-0.05, 0) is 31.5 Å². The molecule has 0 unspecified atom stereocenters. The number of amides is 4. The van der Waals surface area contributed by atoms with Crippen molar-refractivity contribution in [2.45, 2.75) is 39.7 Å². The average molecular weight is 357 g/mol. The first-order valence-corrected chi connectivity index (χ1v) is 8.90. The Kier molecular flexibility index (Phi) is 5.20. The smallest absolute Gasteiger partial charge is 0.324 e. The minimum atomic E-state index is -0.390. The van der Waals surface area contributed by atoms with Gasteiger partial charge < -0.3 is 15.2 Å². The standard InChI is InChI=1S/C18H23N5O3/c1-3-15-21-13-10-12(7-8-14(13)22(15)4-2)20-16(24)6-5-9-23-17(25)11-19-18(23)26/h7-8,10H,3-6,9,11H2,1-2H3,(H,19,26)(H,20,24). The minimum absolute atomic E-state index is 0.0369. The number of hydrogen-bond donors (Lipinski definition) is 2. The van der Waals surface area contributed by atoms with Crippen molar-refractivity contribution in [3.63, 3.8) is 0 Å². The van der Waals surface area contributed by atoms with Crippen LogP contribution in [0.5, 0.6) is 0 Å². The number of hydrogen-bond acceptors (Lipinski definition) is 4. The van der Waals surface area contributed by atoms with Crippen molar-refractivity contribution >= 4 is 34.6 Å². The summed E-state index contributed by atoms with van der Waals surface area (Å²) in [6.45, 7) is 5.30. The molecule has 0 radical (unpaired) electrons. The molecule has 1 aromatic heterocycles. The maximum Gasteiger partial charge on any atom is 0.324 e. The number of anilines is 1. The number of nitrogens with one attached hydrogen (secondary N) is 2. The fraction of sp³-hybridized carbons (Fsp3) is 0.444. The van der Waals surface area contributed by atoms with Crippen molar-refractivity contribution < 1.29 is 14.4 Å². The van der Waals surface area contributed by atoms with Crippen LogP contribution < -0.4 is 10.6 Å². The number of aromatic nitrogens is 2. The Morgan fingerprint density at radius 1 is 1.31 bits per heavy atom. The summed E-state index contributed by atoms with van der Waals surface area (Å²) >= 11 is 0. The van der Waals surface area contributed by atoms with Gasteiger partial charge in [0.15, 0.2) is 0 Å². The van der Waals surface area contributed by atoms with E-state index in [1.54, 1.807) is 0 Å². The second-order valence-electron chi connectivity index (χ2n) is 6.19. The number of urea groups is 1. The Morgan fingerprint density at radius 2 is 2.12 bits per heavy atom. The summed E-state index contributed by atoms with van der Waals surface area (Å²) in [6, 6.07) is 5.31. The minimum Gasteiger partial charge on any atom is -0.329 e. The lowest BCUT2D eigenvalue weighted by Crippen LogP contribution is -2.32. The van der Waals surface area contributed by atoms with Crippen molar-refractivity contribution in [1.29, 1.82) is 0 Å². The predicted molar refractivity (Wildman–Crippen MR) is 97.8 cm³/mol. The van der Waals surface area contributed by atoms with Crippen LogP contribution in [0.4, 0.5) is 10.5 Å². The van der Waals surface area contributed by atoms with Gasteiger partial charge in [0, 0.05) is 31.6 Å². The third-order valence-corrected chi connectivity index (χ3v) is 4.47. The van der Waals surface area contributed by atoms with Gasteiger partial charge in [0.1, 0.15) is 5.82 Å². The van der Waals surface area contributed by atoms with Gasteiger partial charge >= 0.3 is 6.03 Å². The highest BCUT2D eigenvalue weighted by Crippen LogP contribution is 2.21. The molecule has 0 atom stereocenters. The molecule has 138 valence electrons. The summed E-state index contributed by atoms with van der Waals surface area (Å²) < 4.78 is 2.17. The highest BCUT2D eigenvalue weighted by molar-refractivity contribution is 6.02. The number of carbonyl (C=O) groups excluding carboxylic acids is 3. The fourth-order valence-electron chi connectivity index (χ4n) is 3.18. The number of imide groups is 1. The summed E-state index contributed by atoms with van der Waals surface area (Å²) in [4.78, 5) is 40.8. The summed E-state index contributed by atoms with van der Waals surface area (Å²) in [7, 11) is 0. The van der Waals surface area contributed by atoms with E-state index < -0.39 is 0 Å². The van der Waals surface area contributed by atoms with Gasteiger partial charge in [0.05, 0.1) is 17.6 Å². The lowest BCUT2D eigenvalue weighted by molar-refractivity contribution is -0.125. The van der Waals surface area contributed by atoms with E-state index >= 15 is 0 Å². The number of aryl methyl sites for hydroxylation is 2. The molecule has 1 aliphatic heterocycles. The Labute approximate surface area is 151 Å². The van der Waals surface area contributed by atoms with Crippen molar-refractivity contribution in [3.05, 3.63) is 24.0 Å². The molecule has 8 nitrogen and oxygen atoms in total. The van der Waals surface area contributed by atoms with Gasteiger partial charge in [-0.15, -0.1) is 0 Å². The molecule has 3 rings (SSSR count). The van der Waals surface area contributed by atoms with E-state index in [1.165, 1.54) is 0 Å². The van der Waals surface area contributed by atoms with E-state index in [9.17, 15) is 14.4 Å². The van der Waals surface area contributed by atoms with Gasteiger partial charge in [0.2, 0.25) is 11.8 Å². The van der Waals surface area contributed by atoms with Crippen LogP contribution in [0.25, 0.3) is 11.0 Å². The average Bonchev–Trinajstić information content (AvgIpc) is 3.14. The van der Waals surface area contributed by atoms with E-state index in [0.717, 1.165) is 34.7 Å². The SMILES string of the molecule is CCc1nc2cc(NC(=O)CCCN3C(=O)CNC3=O)ccc2n1CC. The monoisotopic (exact) mass is 357 g/mol. The zero-order valence-corrected chi connectivity index (χ0v) is 15.0. The molecule has 26 heavy (non-hydrogen) atoms. The Bertz CT molecular complexity index is 842. The molecule has 0 aliphatic carbocycles. The van der Waals surface area contributed by atoms with E-state index in [1.807, 2.05) is 18.2 Å². The van der Waals surface area contributed by atoms with Crippen LogP contribution >= 0.6 is 0 Å². The topological polar surface area (TPSA) is 96.3 Å². The molecule has 0 bridgehead atoms. The first-order valence-electron chi connectivity index (χ1n) is 8.90. The molecular weight excluding hydrogens is 334 g/mol. The molecule has 1 fully saturated rings. The quantitative estimate of drug-likeness (QED) is 0.740. The van der Waals surface area contributed by atoms with Crippen LogP contribution in [0, 0.1) is 0 Å². The van der Waals surface area contributed by atoms with E-state index in [-0.39, 0.29) is 37.4 Å². The van der Waals surface area contributed by atoms with Crippen molar-refractivity contribution in [1.82, 2.24) is 19.8 Å². The molecule has 1 saturated heterocycles. The summed E-state index contributed by atoms with van der Waals surface area (Å²) in [5.41, 5.74) is 2.61. The van der Waals surface area contributed by atoms with Crippen molar-refractivity contribution in [3.8, 4) is 0 Å². The number of rotatable bonds is 7. The van der Waals surface area contributed by atoms with Gasteiger partial charge in [-0.2, -0.15) is 0 Å². The molecule has 8 heteroatoms. The molecule has 2 aromatic rings. The molecule has 1 aromatic carbocycles. The Morgan fingerprint density at radius 3 is 2.77 bits per heavy atom. The van der Waals surface area contributed by atoms with Crippen LogP contribution in [0.1, 0.15) is 32.5 Å². The van der Waals surface area contributed by atoms with Crippen LogP contribution in [-0.2, 0) is 22.6 Å². The van der Waals surface area contributed by atoms with Crippen LogP contribution in [-0.4, -0.2) is 45.4 Å².